The van der Waals surface area contributed by atoms with E-state index in [1.807, 2.05) is 48.5 Å². The molecule has 0 N–H and O–H groups in total. The number of carboxylic acid groups (broad SMARTS) is 1. The largest absolute Gasteiger partial charge is 0.550 e. The molecule has 0 spiro atoms. The first kappa shape index (κ1) is 22.1. The summed E-state index contributed by atoms with van der Waals surface area (Å²) in [6.45, 7) is 3.71. The number of hydrogen-bond donors (Lipinski definition) is 0. The van der Waals surface area contributed by atoms with E-state index in [0.717, 1.165) is 11.1 Å². The number of aliphatic carboxylic acids is 1. The number of aryl methyl sites for hydroxylation is 2. The van der Waals surface area contributed by atoms with Gasteiger partial charge >= 0.3 is 5.97 Å². The summed E-state index contributed by atoms with van der Waals surface area (Å²) in [6.07, 6.45) is 1.53. The summed E-state index contributed by atoms with van der Waals surface area (Å²) in [5, 5.41) is 10.1. The van der Waals surface area contributed by atoms with Crippen LogP contribution in [0.4, 0.5) is 0 Å². The van der Waals surface area contributed by atoms with Gasteiger partial charge in [-0.15, -0.1) is 0 Å². The Morgan fingerprint density at radius 2 is 1.52 bits per heavy atom. The molecule has 0 atom stereocenters. The Morgan fingerprint density at radius 1 is 0.889 bits per heavy atom. The maximum absolute atomic E-state index is 11.3. The second kappa shape index (κ2) is 12.4. The Morgan fingerprint density at radius 3 is 2.11 bits per heavy atom. The molecule has 2 rings (SSSR count). The van der Waals surface area contributed by atoms with E-state index in [0.29, 0.717) is 31.4 Å². The Bertz CT molecular complexity index is 737. The normalized spacial score (nSPS) is 9.70. The van der Waals surface area contributed by atoms with Gasteiger partial charge in [0.2, 0.25) is 0 Å². The van der Waals surface area contributed by atoms with Crippen LogP contribution in [0.25, 0.3) is 0 Å². The highest BCUT2D eigenvalue weighted by molar-refractivity contribution is 5.95. The number of rotatable bonds is 8. The van der Waals surface area contributed by atoms with Crippen molar-refractivity contribution in [2.75, 3.05) is 6.61 Å². The molecule has 2 aromatic rings. The lowest BCUT2D eigenvalue weighted by molar-refractivity contribution is -0.305. The molecule has 0 aliphatic rings. The molecule has 2 aromatic carbocycles. The first-order chi connectivity index (χ1) is 12.9. The Labute approximate surface area is 160 Å². The van der Waals surface area contributed by atoms with Crippen LogP contribution in [0.15, 0.2) is 54.6 Å². The van der Waals surface area contributed by atoms with Crippen LogP contribution in [-0.4, -0.2) is 24.3 Å². The number of ketones is 1. The number of esters is 1. The van der Waals surface area contributed by atoms with E-state index >= 15 is 0 Å². The number of ether oxygens (including phenoxy) is 1. The first-order valence-corrected chi connectivity index (χ1v) is 8.92. The second-order valence-corrected chi connectivity index (χ2v) is 5.88. The van der Waals surface area contributed by atoms with Crippen LogP contribution < -0.4 is 5.11 Å². The Kier molecular flexibility index (Phi) is 10.2. The SMILES string of the molecule is CCOC(=O)CCc1ccccc1C(C)=O.O=C([O-])CCc1ccccc1. The van der Waals surface area contributed by atoms with Crippen molar-refractivity contribution in [3.05, 3.63) is 71.3 Å². The standard InChI is InChI=1S/C13H16O3.C9H10O2/c1-3-16-13(15)9-8-11-6-4-5-7-12(11)10(2)14;10-9(11)7-6-8-4-2-1-3-5-8/h4-7H,3,8-9H2,1-2H3;1-5H,6-7H2,(H,10,11)/p-1. The van der Waals surface area contributed by atoms with Crippen molar-refractivity contribution in [2.45, 2.75) is 39.5 Å². The monoisotopic (exact) mass is 369 g/mol. The second-order valence-electron chi connectivity index (χ2n) is 5.88. The van der Waals surface area contributed by atoms with Gasteiger partial charge in [0.15, 0.2) is 5.78 Å². The quantitative estimate of drug-likeness (QED) is 0.528. The summed E-state index contributed by atoms with van der Waals surface area (Å²) in [5.41, 5.74) is 2.63. The summed E-state index contributed by atoms with van der Waals surface area (Å²) >= 11 is 0. The predicted molar refractivity (Wildman–Crippen MR) is 101 cm³/mol. The lowest BCUT2D eigenvalue weighted by Crippen LogP contribution is -2.22. The zero-order valence-electron chi connectivity index (χ0n) is 15.8. The molecule has 0 bridgehead atoms. The van der Waals surface area contributed by atoms with E-state index in [4.69, 9.17) is 4.74 Å². The molecule has 27 heavy (non-hydrogen) atoms. The molecule has 0 unspecified atom stereocenters. The topological polar surface area (TPSA) is 83.5 Å². The van der Waals surface area contributed by atoms with E-state index in [1.54, 1.807) is 13.0 Å². The van der Waals surface area contributed by atoms with Crippen molar-refractivity contribution in [3.8, 4) is 0 Å². The molecule has 0 aliphatic heterocycles. The summed E-state index contributed by atoms with van der Waals surface area (Å²) in [7, 11) is 0. The lowest BCUT2D eigenvalue weighted by Gasteiger charge is -2.06. The van der Waals surface area contributed by atoms with Crippen molar-refractivity contribution in [2.24, 2.45) is 0 Å². The van der Waals surface area contributed by atoms with Gasteiger partial charge in [0, 0.05) is 18.0 Å². The molecule has 0 saturated carbocycles. The molecule has 0 radical (unpaired) electrons. The maximum atomic E-state index is 11.3. The van der Waals surface area contributed by atoms with Gasteiger partial charge in [-0.1, -0.05) is 54.6 Å². The highest BCUT2D eigenvalue weighted by Crippen LogP contribution is 2.12. The highest BCUT2D eigenvalue weighted by Gasteiger charge is 2.08. The van der Waals surface area contributed by atoms with Crippen LogP contribution in [0.1, 0.15) is 48.2 Å². The van der Waals surface area contributed by atoms with E-state index in [-0.39, 0.29) is 18.2 Å². The maximum Gasteiger partial charge on any atom is 0.306 e. The van der Waals surface area contributed by atoms with E-state index in [9.17, 15) is 19.5 Å². The van der Waals surface area contributed by atoms with Gasteiger partial charge in [0.25, 0.3) is 0 Å². The van der Waals surface area contributed by atoms with E-state index in [2.05, 4.69) is 0 Å². The lowest BCUT2D eigenvalue weighted by atomic mass is 10.0. The number of hydrogen-bond acceptors (Lipinski definition) is 5. The molecular formula is C22H25O5-. The van der Waals surface area contributed by atoms with Crippen LogP contribution >= 0.6 is 0 Å². The minimum Gasteiger partial charge on any atom is -0.550 e. The number of Topliss-reactive ketones (excluding diaryl/α,β-unsaturated/α-hetero) is 1. The Balaban J connectivity index is 0.000000289. The zero-order valence-corrected chi connectivity index (χ0v) is 15.8. The first-order valence-electron chi connectivity index (χ1n) is 8.92. The third-order valence-electron chi connectivity index (χ3n) is 3.76. The summed E-state index contributed by atoms with van der Waals surface area (Å²) in [5.74, 6) is -1.19. The zero-order chi connectivity index (χ0) is 20.1. The van der Waals surface area contributed by atoms with Crippen molar-refractivity contribution in [3.63, 3.8) is 0 Å². The number of carbonyl (C=O) groups excluding carboxylic acids is 3. The minimum atomic E-state index is -0.992. The van der Waals surface area contributed by atoms with Crippen LogP contribution in [0.3, 0.4) is 0 Å². The number of carbonyl (C=O) groups is 3. The third-order valence-corrected chi connectivity index (χ3v) is 3.76. The fourth-order valence-electron chi connectivity index (χ4n) is 2.44. The Hall–Kier alpha value is -2.95. The van der Waals surface area contributed by atoms with Gasteiger partial charge in [-0.3, -0.25) is 9.59 Å². The molecular weight excluding hydrogens is 344 g/mol. The predicted octanol–water partition coefficient (Wildman–Crippen LogP) is 2.75. The molecule has 0 fully saturated rings. The fraction of sp³-hybridized carbons (Fsp3) is 0.318. The smallest absolute Gasteiger partial charge is 0.306 e. The summed E-state index contributed by atoms with van der Waals surface area (Å²) in [4.78, 5) is 32.6. The molecule has 0 aromatic heterocycles. The van der Waals surface area contributed by atoms with Gasteiger partial charge in [0.1, 0.15) is 0 Å². The molecule has 0 heterocycles. The van der Waals surface area contributed by atoms with Gasteiger partial charge in [0.05, 0.1) is 6.61 Å². The summed E-state index contributed by atoms with van der Waals surface area (Å²) < 4.78 is 4.84. The molecule has 0 aliphatic carbocycles. The molecule has 0 saturated heterocycles. The van der Waals surface area contributed by atoms with E-state index in [1.165, 1.54) is 6.92 Å². The summed E-state index contributed by atoms with van der Waals surface area (Å²) in [6, 6.07) is 16.8. The van der Waals surface area contributed by atoms with Gasteiger partial charge < -0.3 is 14.6 Å². The molecule has 5 heteroatoms. The number of carboxylic acids is 1. The molecule has 144 valence electrons. The average molecular weight is 369 g/mol. The van der Waals surface area contributed by atoms with Crippen LogP contribution in [0.5, 0.6) is 0 Å². The van der Waals surface area contributed by atoms with Crippen molar-refractivity contribution >= 4 is 17.7 Å². The fourth-order valence-corrected chi connectivity index (χ4v) is 2.44. The van der Waals surface area contributed by atoms with Gasteiger partial charge in [-0.05, 0) is 44.2 Å². The molecule has 0 amide bonds. The van der Waals surface area contributed by atoms with Crippen molar-refractivity contribution < 1.29 is 24.2 Å². The van der Waals surface area contributed by atoms with Crippen molar-refractivity contribution in [1.82, 2.24) is 0 Å². The minimum absolute atomic E-state index is 0.0273. The molecule has 5 nitrogen and oxygen atoms in total. The van der Waals surface area contributed by atoms with Crippen LogP contribution in [0, 0.1) is 0 Å². The average Bonchev–Trinajstić information content (AvgIpc) is 2.66. The van der Waals surface area contributed by atoms with E-state index < -0.39 is 5.97 Å². The highest BCUT2D eigenvalue weighted by atomic mass is 16.5. The third kappa shape index (κ3) is 9.35. The van der Waals surface area contributed by atoms with Crippen LogP contribution in [-0.2, 0) is 27.2 Å². The van der Waals surface area contributed by atoms with Crippen molar-refractivity contribution in [1.29, 1.82) is 0 Å². The van der Waals surface area contributed by atoms with Gasteiger partial charge in [-0.25, -0.2) is 0 Å². The number of benzene rings is 2. The van der Waals surface area contributed by atoms with Crippen LogP contribution in [0.2, 0.25) is 0 Å². The van der Waals surface area contributed by atoms with Gasteiger partial charge in [-0.2, -0.15) is 0 Å².